The van der Waals surface area contributed by atoms with Gasteiger partial charge in [0.2, 0.25) is 5.85 Å². The number of nitrogens with one attached hydrogen (secondary N) is 1. The van der Waals surface area contributed by atoms with Crippen LogP contribution in [0.4, 0.5) is 4.39 Å². The number of aliphatic hydroxyl groups excluding tert-OH is 2. The highest BCUT2D eigenvalue weighted by molar-refractivity contribution is 7.60. The topological polar surface area (TPSA) is 218 Å². The van der Waals surface area contributed by atoms with Gasteiger partial charge in [0.1, 0.15) is 21.3 Å². The van der Waals surface area contributed by atoms with Crippen molar-refractivity contribution < 1.29 is 52.0 Å². The zero-order chi connectivity index (χ0) is 23.3. The summed E-state index contributed by atoms with van der Waals surface area (Å²) in [6.45, 7) is -0.787. The van der Waals surface area contributed by atoms with Crippen LogP contribution in [0.5, 0.6) is 0 Å². The third-order valence-electron chi connectivity index (χ3n) is 4.56. The molecule has 2 heterocycles. The summed E-state index contributed by atoms with van der Waals surface area (Å²) in [7, 11) is -8.16. The Morgan fingerprint density at radius 3 is 2.43 bits per heavy atom. The maximum atomic E-state index is 15.7. The Morgan fingerprint density at radius 2 is 1.93 bits per heavy atom. The number of H-pyrrole nitrogens is 1. The van der Waals surface area contributed by atoms with Crippen molar-refractivity contribution in [2.45, 2.75) is 36.0 Å². The van der Waals surface area contributed by atoms with Crippen LogP contribution in [0.2, 0.25) is 0 Å². The van der Waals surface area contributed by atoms with Crippen LogP contribution in [-0.2, 0) is 34.9 Å². The number of aromatic amines is 1. The number of ether oxygens (including phenoxy) is 1. The van der Waals surface area contributed by atoms with Crippen molar-refractivity contribution in [3.8, 4) is 0 Å². The van der Waals surface area contributed by atoms with Crippen molar-refractivity contribution in [1.82, 2.24) is 9.55 Å². The fraction of sp³-hybridized carbons (Fsp3) is 0.600. The van der Waals surface area contributed by atoms with Crippen LogP contribution in [0, 0.1) is 0 Å². The molecule has 1 unspecified atom stereocenters. The highest BCUT2D eigenvalue weighted by atomic mass is 31.3. The molecule has 1 aromatic heterocycles. The third kappa shape index (κ3) is 4.88. The van der Waals surface area contributed by atoms with Crippen LogP contribution >= 0.6 is 15.6 Å². The number of aromatic nitrogens is 2. The van der Waals surface area contributed by atoms with Crippen LogP contribution in [0.1, 0.15) is 12.0 Å². The number of aliphatic hydroxyl groups is 2. The normalized spacial score (nSPS) is 29.6. The zero-order valence-corrected chi connectivity index (χ0v) is 17.7. The number of hydrogen-bond acceptors (Lipinski definition) is 9. The van der Waals surface area contributed by atoms with Crippen LogP contribution in [0.15, 0.2) is 15.8 Å². The molecule has 14 nitrogen and oxygen atoms in total. The molecular formula is C10H18B3FN2O12P2. The van der Waals surface area contributed by atoms with Gasteiger partial charge in [0.15, 0.2) is 7.85 Å². The van der Waals surface area contributed by atoms with Crippen molar-refractivity contribution >= 4 is 39.2 Å². The van der Waals surface area contributed by atoms with E-state index >= 15 is 4.39 Å². The Bertz CT molecular complexity index is 1040. The van der Waals surface area contributed by atoms with E-state index in [1.54, 1.807) is 0 Å². The second kappa shape index (κ2) is 7.82. The van der Waals surface area contributed by atoms with Gasteiger partial charge in [0.25, 0.3) is 5.56 Å². The van der Waals surface area contributed by atoms with Gasteiger partial charge in [-0.1, -0.05) is 0 Å². The first-order chi connectivity index (χ1) is 13.4. The van der Waals surface area contributed by atoms with Gasteiger partial charge in [-0.05, 0) is 0 Å². The summed E-state index contributed by atoms with van der Waals surface area (Å²) in [5, 5.41) is 17.2. The minimum absolute atomic E-state index is 0.298. The Balaban J connectivity index is 2.44. The largest absolute Gasteiger partial charge is 0.480 e. The number of phosphoric ester groups is 1. The molecule has 0 amide bonds. The molecule has 0 spiro atoms. The lowest BCUT2D eigenvalue weighted by molar-refractivity contribution is -0.219. The van der Waals surface area contributed by atoms with Crippen LogP contribution < -0.4 is 11.2 Å². The molecule has 0 saturated carbocycles. The lowest BCUT2D eigenvalue weighted by Crippen LogP contribution is -2.56. The summed E-state index contributed by atoms with van der Waals surface area (Å²) >= 11 is 0. The summed E-state index contributed by atoms with van der Waals surface area (Å²) in [5.74, 6) is -3.09. The predicted molar refractivity (Wildman–Crippen MR) is 103 cm³/mol. The second-order valence-corrected chi connectivity index (χ2v) is 9.94. The van der Waals surface area contributed by atoms with Crippen molar-refractivity contribution in [1.29, 1.82) is 0 Å². The van der Waals surface area contributed by atoms with Gasteiger partial charge in [-0.25, -0.2) is 18.3 Å². The van der Waals surface area contributed by atoms with E-state index in [2.05, 4.69) is 8.83 Å². The molecule has 20 heteroatoms. The molecule has 0 bridgehead atoms. The Morgan fingerprint density at radius 1 is 1.37 bits per heavy atom. The van der Waals surface area contributed by atoms with Crippen LogP contribution in [0.25, 0.3) is 0 Å². The fourth-order valence-electron chi connectivity index (χ4n) is 2.91. The molecule has 1 aliphatic heterocycles. The van der Waals surface area contributed by atoms with E-state index in [-0.39, 0.29) is 5.56 Å². The molecule has 0 aliphatic carbocycles. The minimum Gasteiger partial charge on any atom is -0.391 e. The highest BCUT2D eigenvalue weighted by Gasteiger charge is 2.63. The Kier molecular flexibility index (Phi) is 6.57. The molecule has 6 N–H and O–H groups in total. The number of rotatable bonds is 7. The number of hydrogen-bond donors (Lipinski definition) is 6. The summed E-state index contributed by atoms with van der Waals surface area (Å²) in [6.07, 6.45) is -1.86. The number of alkyl halides is 1. The maximum absolute atomic E-state index is 15.7. The summed E-state index contributed by atoms with van der Waals surface area (Å²) in [4.78, 5) is 52.6. The Hall–Kier alpha value is -1.06. The molecule has 1 saturated heterocycles. The highest BCUT2D eigenvalue weighted by Crippen LogP contribution is 2.61. The van der Waals surface area contributed by atoms with Gasteiger partial charge in [-0.2, -0.15) is 4.31 Å². The SMILES string of the molecule is BC(B)(OP(=O)(O)OP(=O)(O)O)[C@]1(F)C[C@@H](O)[C@](B)(n2cc(CO)c(=O)[nH]c2=O)O1. The average Bonchev–Trinajstić information content (AvgIpc) is 2.75. The van der Waals surface area contributed by atoms with E-state index in [1.807, 2.05) is 4.98 Å². The van der Waals surface area contributed by atoms with E-state index < -0.39 is 62.9 Å². The second-order valence-electron chi connectivity index (χ2n) is 7.19. The maximum Gasteiger partial charge on any atom is 0.480 e. The van der Waals surface area contributed by atoms with E-state index in [1.165, 1.54) is 0 Å². The quantitative estimate of drug-likeness (QED) is 0.162. The number of nitrogens with zero attached hydrogens (tertiary/aromatic N) is 1. The zero-order valence-electron chi connectivity index (χ0n) is 15.9. The van der Waals surface area contributed by atoms with Crippen molar-refractivity contribution in [2.24, 2.45) is 0 Å². The van der Waals surface area contributed by atoms with Gasteiger partial charge in [0, 0.05) is 12.6 Å². The summed E-state index contributed by atoms with van der Waals surface area (Å²) in [6, 6.07) is 0. The molecular weight excluding hydrogens is 453 g/mol. The third-order valence-corrected chi connectivity index (χ3v) is 6.92. The molecule has 0 aromatic carbocycles. The smallest absolute Gasteiger partial charge is 0.391 e. The first kappa shape index (κ1) is 25.2. The van der Waals surface area contributed by atoms with Gasteiger partial charge in [-0.15, -0.1) is 0 Å². The standard InChI is InChI=1S/C10H18B3FN2O12P2/c11-9(16-2-4(3-17)6(19)15-7(16)20)5(18)1-8(14,26-9)10(12,13)27-30(24,25)28-29(21,22)23/h2,5,17-18H,1,3,11-13H2,(H,24,25)(H,15,19,20)(H2,21,22,23)/t5-,8+,9+/m1/s1. The molecule has 1 aromatic rings. The number of halogens is 1. The van der Waals surface area contributed by atoms with Gasteiger partial charge in [0.05, 0.1) is 23.7 Å². The van der Waals surface area contributed by atoms with Crippen LogP contribution in [0.3, 0.4) is 0 Å². The molecule has 1 aliphatic rings. The average molecular weight is 472 g/mol. The van der Waals surface area contributed by atoms with Crippen molar-refractivity contribution in [3.63, 3.8) is 0 Å². The monoisotopic (exact) mass is 472 g/mol. The van der Waals surface area contributed by atoms with Gasteiger partial charge < -0.3 is 29.6 Å². The molecule has 1 fully saturated rings. The van der Waals surface area contributed by atoms with Gasteiger partial charge >= 0.3 is 21.3 Å². The first-order valence-electron chi connectivity index (χ1n) is 8.20. The molecule has 2 rings (SSSR count). The van der Waals surface area contributed by atoms with E-state index in [9.17, 15) is 33.8 Å². The predicted octanol–water partition coefficient (Wildman–Crippen LogP) is -5.13. The number of phosphoric acid groups is 2. The Labute approximate surface area is 170 Å². The van der Waals surface area contributed by atoms with E-state index in [4.69, 9.17) is 14.5 Å². The summed E-state index contributed by atoms with van der Waals surface area (Å²) in [5.41, 5.74) is -4.50. The van der Waals surface area contributed by atoms with Gasteiger partial charge in [-0.3, -0.25) is 18.9 Å². The minimum atomic E-state index is -5.51. The summed E-state index contributed by atoms with van der Waals surface area (Å²) < 4.78 is 52.4. The first-order valence-corrected chi connectivity index (χ1v) is 11.2. The van der Waals surface area contributed by atoms with E-state index in [0.717, 1.165) is 29.7 Å². The van der Waals surface area contributed by atoms with E-state index in [0.29, 0.717) is 4.57 Å². The van der Waals surface area contributed by atoms with Crippen LogP contribution in [-0.4, -0.2) is 75.3 Å². The molecule has 166 valence electrons. The lowest BCUT2D eigenvalue weighted by atomic mass is 9.60. The molecule has 30 heavy (non-hydrogen) atoms. The molecule has 0 radical (unpaired) electrons. The molecule has 4 atom stereocenters. The van der Waals surface area contributed by atoms with Crippen molar-refractivity contribution in [3.05, 3.63) is 32.6 Å². The van der Waals surface area contributed by atoms with Crippen molar-refractivity contribution in [2.75, 3.05) is 0 Å². The lowest BCUT2D eigenvalue weighted by Gasteiger charge is -2.39. The fourth-order valence-corrected chi connectivity index (χ4v) is 4.84.